The first-order valence-corrected chi connectivity index (χ1v) is 5.50. The van der Waals surface area contributed by atoms with Crippen molar-refractivity contribution in [3.05, 3.63) is 52.5 Å². The molecule has 0 unspecified atom stereocenters. The molecule has 1 N–H and O–H groups in total. The van der Waals surface area contributed by atoms with Crippen LogP contribution in [0.3, 0.4) is 0 Å². The molecule has 2 aromatic rings. The van der Waals surface area contributed by atoms with Crippen LogP contribution >= 0.6 is 36.2 Å². The molecule has 88 valence electrons. The second-order valence-corrected chi connectivity index (χ2v) is 3.88. The average Bonchev–Trinajstić information content (AvgIpc) is 2.72. The van der Waals surface area contributed by atoms with Gasteiger partial charge >= 0.3 is 0 Å². The van der Waals surface area contributed by atoms with Crippen molar-refractivity contribution in [2.75, 3.05) is 0 Å². The number of hydrogen-bond donors (Lipinski definition) is 1. The molecule has 0 aliphatic rings. The van der Waals surface area contributed by atoms with Gasteiger partial charge in [0.15, 0.2) is 0 Å². The third-order valence-corrected chi connectivity index (χ3v) is 2.69. The lowest BCUT2D eigenvalue weighted by Gasteiger charge is -2.02. The minimum Gasteiger partial charge on any atom is -0.309 e. The topological polar surface area (TPSA) is 24.9 Å². The van der Waals surface area contributed by atoms with Crippen molar-refractivity contribution in [3.8, 4) is 0 Å². The van der Waals surface area contributed by atoms with Crippen molar-refractivity contribution in [3.63, 3.8) is 0 Å². The van der Waals surface area contributed by atoms with Gasteiger partial charge in [-0.2, -0.15) is 11.3 Å². The Bertz CT molecular complexity index is 365. The van der Waals surface area contributed by atoms with Crippen LogP contribution in [0.2, 0.25) is 0 Å². The fourth-order valence-corrected chi connectivity index (χ4v) is 1.92. The molecule has 0 amide bonds. The third kappa shape index (κ3) is 4.94. The largest absolute Gasteiger partial charge is 0.309 e. The SMILES string of the molecule is Cl.Cl.c1cncc(CNCc2ccsc2)c1. The molecule has 0 fully saturated rings. The Morgan fingerprint density at radius 2 is 1.94 bits per heavy atom. The van der Waals surface area contributed by atoms with Gasteiger partial charge in [-0.15, -0.1) is 24.8 Å². The molecule has 0 saturated heterocycles. The molecule has 0 atom stereocenters. The fraction of sp³-hybridized carbons (Fsp3) is 0.182. The van der Waals surface area contributed by atoms with E-state index >= 15 is 0 Å². The fourth-order valence-electron chi connectivity index (χ4n) is 1.25. The Hall–Kier alpha value is -0.610. The number of nitrogens with zero attached hydrogens (tertiary/aromatic N) is 1. The van der Waals surface area contributed by atoms with Gasteiger partial charge < -0.3 is 5.32 Å². The van der Waals surface area contributed by atoms with Crippen molar-refractivity contribution in [2.45, 2.75) is 13.1 Å². The number of rotatable bonds is 4. The third-order valence-electron chi connectivity index (χ3n) is 1.96. The molecular weight excluding hydrogens is 263 g/mol. The predicted octanol–water partition coefficient (Wildman–Crippen LogP) is 3.28. The van der Waals surface area contributed by atoms with Crippen molar-refractivity contribution < 1.29 is 0 Å². The van der Waals surface area contributed by atoms with Crippen LogP contribution in [0.1, 0.15) is 11.1 Å². The summed E-state index contributed by atoms with van der Waals surface area (Å²) in [6.07, 6.45) is 3.68. The Kier molecular flexibility index (Phi) is 8.21. The summed E-state index contributed by atoms with van der Waals surface area (Å²) in [4.78, 5) is 4.06. The zero-order valence-electron chi connectivity index (χ0n) is 8.63. The number of aromatic nitrogens is 1. The second-order valence-electron chi connectivity index (χ2n) is 3.10. The van der Waals surface area contributed by atoms with Gasteiger partial charge in [0, 0.05) is 25.5 Å². The Labute approximate surface area is 112 Å². The lowest BCUT2D eigenvalue weighted by Crippen LogP contribution is -2.11. The summed E-state index contributed by atoms with van der Waals surface area (Å²) >= 11 is 1.73. The smallest absolute Gasteiger partial charge is 0.0312 e. The molecule has 0 radical (unpaired) electrons. The lowest BCUT2D eigenvalue weighted by atomic mass is 10.3. The summed E-state index contributed by atoms with van der Waals surface area (Å²) in [5.41, 5.74) is 2.57. The van der Waals surface area contributed by atoms with E-state index in [0.717, 1.165) is 13.1 Å². The summed E-state index contributed by atoms with van der Waals surface area (Å²) in [5.74, 6) is 0. The van der Waals surface area contributed by atoms with Gasteiger partial charge in [-0.1, -0.05) is 6.07 Å². The number of pyridine rings is 1. The van der Waals surface area contributed by atoms with E-state index in [9.17, 15) is 0 Å². The molecule has 0 spiro atoms. The second kappa shape index (κ2) is 8.53. The predicted molar refractivity (Wildman–Crippen MR) is 73.6 cm³/mol. The average molecular weight is 277 g/mol. The highest BCUT2D eigenvalue weighted by Gasteiger charge is 1.93. The van der Waals surface area contributed by atoms with E-state index in [4.69, 9.17) is 0 Å². The zero-order chi connectivity index (χ0) is 9.64. The Morgan fingerprint density at radius 3 is 2.56 bits per heavy atom. The summed E-state index contributed by atoms with van der Waals surface area (Å²) in [5, 5.41) is 7.63. The van der Waals surface area contributed by atoms with E-state index in [1.54, 1.807) is 17.5 Å². The number of thiophene rings is 1. The molecular formula is C11H14Cl2N2S. The molecule has 0 bridgehead atoms. The van der Waals surface area contributed by atoms with Gasteiger partial charge in [0.05, 0.1) is 0 Å². The van der Waals surface area contributed by atoms with Crippen molar-refractivity contribution in [1.82, 2.24) is 10.3 Å². The van der Waals surface area contributed by atoms with E-state index in [1.807, 2.05) is 12.3 Å². The van der Waals surface area contributed by atoms with Crippen LogP contribution in [-0.2, 0) is 13.1 Å². The maximum Gasteiger partial charge on any atom is 0.0312 e. The van der Waals surface area contributed by atoms with Crippen LogP contribution in [-0.4, -0.2) is 4.98 Å². The minimum atomic E-state index is 0. The van der Waals surface area contributed by atoms with Crippen LogP contribution in [0.15, 0.2) is 41.4 Å². The lowest BCUT2D eigenvalue weighted by molar-refractivity contribution is 0.693. The maximum absolute atomic E-state index is 4.06. The van der Waals surface area contributed by atoms with Gasteiger partial charge in [0.2, 0.25) is 0 Å². The van der Waals surface area contributed by atoms with Crippen LogP contribution in [0.25, 0.3) is 0 Å². The van der Waals surface area contributed by atoms with Crippen LogP contribution < -0.4 is 5.32 Å². The zero-order valence-corrected chi connectivity index (χ0v) is 11.1. The standard InChI is InChI=1S/C11H12N2S.2ClH/c1-2-10(6-12-4-1)7-13-8-11-3-5-14-9-11;;/h1-6,9,13H,7-8H2;2*1H. The van der Waals surface area contributed by atoms with Crippen LogP contribution in [0.5, 0.6) is 0 Å². The van der Waals surface area contributed by atoms with Crippen molar-refractivity contribution in [2.24, 2.45) is 0 Å². The normalized spacial score (nSPS) is 9.00. The molecule has 2 nitrogen and oxygen atoms in total. The maximum atomic E-state index is 4.06. The summed E-state index contributed by atoms with van der Waals surface area (Å²) in [6.45, 7) is 1.81. The molecule has 2 rings (SSSR count). The molecule has 0 saturated carbocycles. The summed E-state index contributed by atoms with van der Waals surface area (Å²) in [7, 11) is 0. The van der Waals surface area contributed by atoms with Crippen molar-refractivity contribution in [1.29, 1.82) is 0 Å². The van der Waals surface area contributed by atoms with Gasteiger partial charge in [0.1, 0.15) is 0 Å². The molecule has 0 aliphatic heterocycles. The molecule has 0 aliphatic carbocycles. The monoisotopic (exact) mass is 276 g/mol. The first-order valence-electron chi connectivity index (χ1n) is 4.56. The summed E-state index contributed by atoms with van der Waals surface area (Å²) in [6, 6.07) is 6.18. The summed E-state index contributed by atoms with van der Waals surface area (Å²) < 4.78 is 0. The van der Waals surface area contributed by atoms with Crippen LogP contribution in [0, 0.1) is 0 Å². The van der Waals surface area contributed by atoms with E-state index < -0.39 is 0 Å². The van der Waals surface area contributed by atoms with Gasteiger partial charge in [-0.05, 0) is 34.0 Å². The molecule has 0 aromatic carbocycles. The number of hydrogen-bond acceptors (Lipinski definition) is 3. The van der Waals surface area contributed by atoms with Crippen molar-refractivity contribution >= 4 is 36.2 Å². The van der Waals surface area contributed by atoms with Gasteiger partial charge in [-0.3, -0.25) is 4.98 Å². The first kappa shape index (κ1) is 15.4. The highest BCUT2D eigenvalue weighted by molar-refractivity contribution is 7.07. The first-order chi connectivity index (χ1) is 6.95. The van der Waals surface area contributed by atoms with Crippen LogP contribution in [0.4, 0.5) is 0 Å². The van der Waals surface area contributed by atoms with E-state index in [0.29, 0.717) is 0 Å². The van der Waals surface area contributed by atoms with E-state index in [1.165, 1.54) is 11.1 Å². The van der Waals surface area contributed by atoms with Gasteiger partial charge in [0.25, 0.3) is 0 Å². The highest BCUT2D eigenvalue weighted by atomic mass is 35.5. The number of nitrogens with one attached hydrogen (secondary N) is 1. The van der Waals surface area contributed by atoms with E-state index in [2.05, 4.69) is 33.2 Å². The van der Waals surface area contributed by atoms with Gasteiger partial charge in [-0.25, -0.2) is 0 Å². The Morgan fingerprint density at radius 1 is 1.12 bits per heavy atom. The molecule has 16 heavy (non-hydrogen) atoms. The van der Waals surface area contributed by atoms with E-state index in [-0.39, 0.29) is 24.8 Å². The molecule has 2 heterocycles. The Balaban J connectivity index is 0.00000112. The quantitative estimate of drug-likeness (QED) is 0.927. The highest BCUT2D eigenvalue weighted by Crippen LogP contribution is 2.05. The number of halogens is 2. The molecule has 5 heteroatoms. The molecule has 2 aromatic heterocycles. The minimum absolute atomic E-state index is 0.